The zero-order chi connectivity index (χ0) is 17.6. The van der Waals surface area contributed by atoms with Gasteiger partial charge in [-0.2, -0.15) is 0 Å². The first-order valence-electron chi connectivity index (χ1n) is 8.09. The third kappa shape index (κ3) is 7.85. The summed E-state index contributed by atoms with van der Waals surface area (Å²) in [5.74, 6) is -0.940. The van der Waals surface area contributed by atoms with E-state index in [1.807, 2.05) is 6.92 Å². The molecule has 1 aliphatic rings. The third-order valence-corrected chi connectivity index (χ3v) is 3.14. The lowest BCUT2D eigenvalue weighted by Crippen LogP contribution is -2.53. The summed E-state index contributed by atoms with van der Waals surface area (Å²) in [5, 5.41) is 5.47. The van der Waals surface area contributed by atoms with Gasteiger partial charge in [0.2, 0.25) is 0 Å². The number of alkyl carbamates (subject to hydrolysis) is 1. The van der Waals surface area contributed by atoms with Crippen LogP contribution in [-0.4, -0.2) is 41.8 Å². The molecule has 0 spiro atoms. The van der Waals surface area contributed by atoms with Gasteiger partial charge in [0.25, 0.3) is 5.91 Å². The van der Waals surface area contributed by atoms with Gasteiger partial charge in [-0.25, -0.2) is 4.79 Å². The number of hydrogen-bond donors (Lipinski definition) is 2. The van der Waals surface area contributed by atoms with Crippen molar-refractivity contribution in [3.8, 4) is 0 Å². The van der Waals surface area contributed by atoms with Gasteiger partial charge in [0.1, 0.15) is 5.60 Å². The van der Waals surface area contributed by atoms with Crippen LogP contribution in [0.2, 0.25) is 0 Å². The van der Waals surface area contributed by atoms with Crippen molar-refractivity contribution in [2.45, 2.75) is 84.1 Å². The fourth-order valence-electron chi connectivity index (χ4n) is 2.08. The normalized spacial score (nSPS) is 16.9. The zero-order valence-corrected chi connectivity index (χ0v) is 14.6. The molecule has 0 radical (unpaired) electrons. The smallest absolute Gasteiger partial charge is 0.408 e. The van der Waals surface area contributed by atoms with E-state index in [-0.39, 0.29) is 11.9 Å². The highest BCUT2D eigenvalue weighted by molar-refractivity contribution is 5.85. The fraction of sp³-hybridized carbons (Fsp3) is 0.812. The molecule has 0 bridgehead atoms. The van der Waals surface area contributed by atoms with Crippen LogP contribution < -0.4 is 10.6 Å². The van der Waals surface area contributed by atoms with E-state index in [1.54, 1.807) is 20.8 Å². The van der Waals surface area contributed by atoms with Crippen molar-refractivity contribution in [1.29, 1.82) is 0 Å². The summed E-state index contributed by atoms with van der Waals surface area (Å²) in [7, 11) is 0. The number of esters is 1. The van der Waals surface area contributed by atoms with Crippen LogP contribution in [0, 0.1) is 0 Å². The van der Waals surface area contributed by atoms with E-state index < -0.39 is 29.8 Å². The molecule has 0 saturated heterocycles. The predicted octanol–water partition coefficient (Wildman–Crippen LogP) is 1.89. The van der Waals surface area contributed by atoms with Crippen molar-refractivity contribution < 1.29 is 23.9 Å². The SMILES string of the molecule is CCC[C@H](NC(=O)OC(C)(C)C)C(OC(C)=O)C(=O)NC1CC1. The van der Waals surface area contributed by atoms with E-state index in [2.05, 4.69) is 10.6 Å². The molecular weight excluding hydrogens is 300 g/mol. The van der Waals surface area contributed by atoms with E-state index in [0.717, 1.165) is 19.3 Å². The van der Waals surface area contributed by atoms with E-state index >= 15 is 0 Å². The second kappa shape index (κ2) is 8.17. The topological polar surface area (TPSA) is 93.7 Å². The van der Waals surface area contributed by atoms with Crippen molar-refractivity contribution in [3.05, 3.63) is 0 Å². The number of carbonyl (C=O) groups is 3. The van der Waals surface area contributed by atoms with Crippen molar-refractivity contribution in [3.63, 3.8) is 0 Å². The zero-order valence-electron chi connectivity index (χ0n) is 14.6. The monoisotopic (exact) mass is 328 g/mol. The quantitative estimate of drug-likeness (QED) is 0.696. The Kier molecular flexibility index (Phi) is 6.84. The first-order valence-corrected chi connectivity index (χ1v) is 8.09. The summed E-state index contributed by atoms with van der Waals surface area (Å²) in [5.41, 5.74) is -0.645. The second-order valence-electron chi connectivity index (χ2n) is 6.85. The summed E-state index contributed by atoms with van der Waals surface area (Å²) in [6, 6.07) is -0.484. The first kappa shape index (κ1) is 19.3. The van der Waals surface area contributed by atoms with Crippen molar-refractivity contribution >= 4 is 18.0 Å². The molecule has 7 heteroatoms. The van der Waals surface area contributed by atoms with Gasteiger partial charge in [0.15, 0.2) is 6.10 Å². The molecular formula is C16H28N2O5. The Morgan fingerprint density at radius 3 is 2.26 bits per heavy atom. The third-order valence-electron chi connectivity index (χ3n) is 3.14. The number of amides is 2. The van der Waals surface area contributed by atoms with Crippen LogP contribution in [0.1, 0.15) is 60.3 Å². The number of carbonyl (C=O) groups excluding carboxylic acids is 3. The highest BCUT2D eigenvalue weighted by Crippen LogP contribution is 2.20. The molecule has 0 aliphatic heterocycles. The second-order valence-corrected chi connectivity index (χ2v) is 6.85. The van der Waals surface area contributed by atoms with Gasteiger partial charge in [0, 0.05) is 13.0 Å². The molecule has 1 rings (SSSR count). The summed E-state index contributed by atoms with van der Waals surface area (Å²) < 4.78 is 10.4. The molecule has 7 nitrogen and oxygen atoms in total. The molecule has 1 fully saturated rings. The first-order chi connectivity index (χ1) is 10.6. The molecule has 132 valence electrons. The van der Waals surface area contributed by atoms with Crippen LogP contribution in [-0.2, 0) is 19.1 Å². The Morgan fingerprint density at radius 1 is 1.22 bits per heavy atom. The van der Waals surface area contributed by atoms with Crippen LogP contribution in [0.5, 0.6) is 0 Å². The highest BCUT2D eigenvalue weighted by atomic mass is 16.6. The van der Waals surface area contributed by atoms with Gasteiger partial charge >= 0.3 is 12.1 Å². The van der Waals surface area contributed by atoms with Crippen molar-refractivity contribution in [1.82, 2.24) is 10.6 Å². The van der Waals surface area contributed by atoms with Crippen molar-refractivity contribution in [2.75, 3.05) is 0 Å². The Balaban J connectivity index is 2.78. The maximum Gasteiger partial charge on any atom is 0.408 e. The van der Waals surface area contributed by atoms with Gasteiger partial charge in [-0.15, -0.1) is 0 Å². The molecule has 0 aromatic heterocycles. The molecule has 2 N–H and O–H groups in total. The van der Waals surface area contributed by atoms with E-state index in [1.165, 1.54) is 6.92 Å². The lowest BCUT2D eigenvalue weighted by Gasteiger charge is -2.28. The lowest BCUT2D eigenvalue weighted by molar-refractivity contribution is -0.156. The van der Waals surface area contributed by atoms with Crippen LogP contribution in [0.25, 0.3) is 0 Å². The molecule has 2 amide bonds. The van der Waals surface area contributed by atoms with Crippen LogP contribution in [0.4, 0.5) is 4.79 Å². The Morgan fingerprint density at radius 2 is 1.83 bits per heavy atom. The number of ether oxygens (including phenoxy) is 2. The minimum Gasteiger partial charge on any atom is -0.450 e. The van der Waals surface area contributed by atoms with E-state index in [9.17, 15) is 14.4 Å². The summed E-state index contributed by atoms with van der Waals surface area (Å²) in [6.45, 7) is 8.43. The van der Waals surface area contributed by atoms with Gasteiger partial charge < -0.3 is 20.1 Å². The Bertz CT molecular complexity index is 440. The molecule has 1 aliphatic carbocycles. The number of hydrogen-bond acceptors (Lipinski definition) is 5. The maximum atomic E-state index is 12.3. The Hall–Kier alpha value is -1.79. The average molecular weight is 328 g/mol. The molecule has 0 aromatic carbocycles. The number of nitrogens with one attached hydrogen (secondary N) is 2. The highest BCUT2D eigenvalue weighted by Gasteiger charge is 2.35. The summed E-state index contributed by atoms with van der Waals surface area (Å²) in [4.78, 5) is 35.7. The average Bonchev–Trinajstić information content (AvgIpc) is 3.16. The largest absolute Gasteiger partial charge is 0.450 e. The minimum atomic E-state index is -1.06. The standard InChI is InChI=1S/C16H28N2O5/c1-6-7-12(18-15(21)23-16(3,4)5)13(22-10(2)19)14(20)17-11-8-9-11/h11-13H,6-9H2,1-5H3,(H,17,20)(H,18,21)/t12-,13?/m0/s1. The van der Waals surface area contributed by atoms with Gasteiger partial charge in [-0.05, 0) is 40.0 Å². The number of rotatable bonds is 7. The van der Waals surface area contributed by atoms with Crippen LogP contribution in [0.15, 0.2) is 0 Å². The van der Waals surface area contributed by atoms with Gasteiger partial charge in [0.05, 0.1) is 6.04 Å². The fourth-order valence-corrected chi connectivity index (χ4v) is 2.08. The minimum absolute atomic E-state index is 0.143. The molecule has 0 heterocycles. The van der Waals surface area contributed by atoms with Crippen LogP contribution in [0.3, 0.4) is 0 Å². The van der Waals surface area contributed by atoms with Gasteiger partial charge in [-0.3, -0.25) is 9.59 Å². The van der Waals surface area contributed by atoms with Crippen LogP contribution >= 0.6 is 0 Å². The summed E-state index contributed by atoms with van der Waals surface area (Å²) >= 11 is 0. The molecule has 1 unspecified atom stereocenters. The summed E-state index contributed by atoms with van der Waals surface area (Å²) in [6.07, 6.45) is 1.38. The Labute approximate surface area is 137 Å². The molecule has 23 heavy (non-hydrogen) atoms. The van der Waals surface area contributed by atoms with Gasteiger partial charge in [-0.1, -0.05) is 13.3 Å². The maximum absolute atomic E-state index is 12.3. The van der Waals surface area contributed by atoms with E-state index in [0.29, 0.717) is 6.42 Å². The lowest BCUT2D eigenvalue weighted by atomic mass is 10.0. The molecule has 0 aromatic rings. The predicted molar refractivity (Wildman–Crippen MR) is 84.8 cm³/mol. The van der Waals surface area contributed by atoms with E-state index in [4.69, 9.17) is 9.47 Å². The van der Waals surface area contributed by atoms with Crippen molar-refractivity contribution in [2.24, 2.45) is 0 Å². The molecule has 2 atom stereocenters. The molecule has 1 saturated carbocycles.